The Hall–Kier alpha value is -0.750. The highest BCUT2D eigenvalue weighted by atomic mass is 32.2. The molecule has 2 rings (SSSR count). The van der Waals surface area contributed by atoms with Gasteiger partial charge < -0.3 is 15.5 Å². The van der Waals surface area contributed by atoms with Crippen molar-refractivity contribution >= 4 is 23.6 Å². The molecule has 2 aliphatic rings. The smallest absolute Gasteiger partial charge is 0.239 e. The van der Waals surface area contributed by atoms with Gasteiger partial charge in [0.25, 0.3) is 0 Å². The maximum absolute atomic E-state index is 12.4. The van der Waals surface area contributed by atoms with Crippen LogP contribution in [0.4, 0.5) is 0 Å². The number of amides is 2. The fourth-order valence-corrected chi connectivity index (χ4v) is 4.23. The van der Waals surface area contributed by atoms with E-state index in [1.54, 1.807) is 11.8 Å². The highest BCUT2D eigenvalue weighted by Gasteiger charge is 2.27. The Morgan fingerprint density at radius 2 is 1.71 bits per heavy atom. The molecule has 0 unspecified atom stereocenters. The van der Waals surface area contributed by atoms with Crippen LogP contribution in [0.5, 0.6) is 0 Å². The molecule has 0 aromatic heterocycles. The third-order valence-corrected chi connectivity index (χ3v) is 6.03. The van der Waals surface area contributed by atoms with Crippen LogP contribution in [0.15, 0.2) is 0 Å². The number of hydrogen-bond acceptors (Lipinski definition) is 4. The van der Waals surface area contributed by atoms with E-state index >= 15 is 0 Å². The van der Waals surface area contributed by atoms with E-state index in [9.17, 15) is 9.59 Å². The van der Waals surface area contributed by atoms with E-state index in [-0.39, 0.29) is 11.8 Å². The molecule has 1 saturated carbocycles. The van der Waals surface area contributed by atoms with Gasteiger partial charge in [0.15, 0.2) is 0 Å². The zero-order chi connectivity index (χ0) is 17.4. The first kappa shape index (κ1) is 19.6. The third kappa shape index (κ3) is 5.96. The number of nitrogens with zero attached hydrogens (tertiary/aromatic N) is 2. The van der Waals surface area contributed by atoms with Gasteiger partial charge in [0, 0.05) is 32.6 Å². The summed E-state index contributed by atoms with van der Waals surface area (Å²) >= 11 is 1.71. The molecule has 1 saturated heterocycles. The molecule has 0 aromatic carbocycles. The maximum Gasteiger partial charge on any atom is 0.239 e. The lowest BCUT2D eigenvalue weighted by molar-refractivity contribution is -0.140. The van der Waals surface area contributed by atoms with Crippen molar-refractivity contribution in [1.29, 1.82) is 0 Å². The van der Waals surface area contributed by atoms with Crippen LogP contribution in [0.1, 0.15) is 51.4 Å². The number of carbonyl (C=O) groups is 2. The van der Waals surface area contributed by atoms with E-state index in [2.05, 4.69) is 0 Å². The van der Waals surface area contributed by atoms with Gasteiger partial charge in [-0.1, -0.05) is 32.1 Å². The summed E-state index contributed by atoms with van der Waals surface area (Å²) in [4.78, 5) is 28.4. The summed E-state index contributed by atoms with van der Waals surface area (Å²) in [7, 11) is 0. The SMILES string of the molecule is CSCC[C@H](N)C(=O)N1CCN(C(=O)CCC2CCCCC2)CC1. The van der Waals surface area contributed by atoms with E-state index in [0.717, 1.165) is 24.5 Å². The molecule has 1 aliphatic heterocycles. The summed E-state index contributed by atoms with van der Waals surface area (Å²) in [5, 5.41) is 0. The minimum atomic E-state index is -0.397. The average molecular weight is 356 g/mol. The Bertz CT molecular complexity index is 405. The zero-order valence-electron chi connectivity index (χ0n) is 15.0. The predicted octanol–water partition coefficient (Wildman–Crippen LogP) is 2.10. The lowest BCUT2D eigenvalue weighted by Crippen LogP contribution is -2.54. The molecule has 1 aliphatic carbocycles. The fraction of sp³-hybridized carbons (Fsp3) is 0.889. The number of thioether (sulfide) groups is 1. The fourth-order valence-electron chi connectivity index (χ4n) is 3.74. The molecule has 0 radical (unpaired) electrons. The number of hydrogen-bond donors (Lipinski definition) is 1. The molecule has 2 N–H and O–H groups in total. The van der Waals surface area contributed by atoms with Gasteiger partial charge in [-0.25, -0.2) is 0 Å². The Balaban J connectivity index is 1.67. The molecule has 5 nitrogen and oxygen atoms in total. The molecular weight excluding hydrogens is 322 g/mol. The van der Waals surface area contributed by atoms with Gasteiger partial charge in [0.05, 0.1) is 6.04 Å². The van der Waals surface area contributed by atoms with E-state index in [1.165, 1.54) is 32.1 Å². The standard InChI is InChI=1S/C18H33N3O2S/c1-24-14-9-16(19)18(23)21-12-10-20(11-13-21)17(22)8-7-15-5-3-2-4-6-15/h15-16H,2-14,19H2,1H3/t16-/m0/s1. The van der Waals surface area contributed by atoms with Crippen molar-refractivity contribution in [3.8, 4) is 0 Å². The van der Waals surface area contributed by atoms with Crippen LogP contribution >= 0.6 is 11.8 Å². The highest BCUT2D eigenvalue weighted by molar-refractivity contribution is 7.98. The van der Waals surface area contributed by atoms with E-state index in [1.807, 2.05) is 16.1 Å². The van der Waals surface area contributed by atoms with Crippen molar-refractivity contribution in [2.24, 2.45) is 11.7 Å². The van der Waals surface area contributed by atoms with Gasteiger partial charge in [-0.3, -0.25) is 9.59 Å². The van der Waals surface area contributed by atoms with Crippen LogP contribution in [-0.2, 0) is 9.59 Å². The number of nitrogens with two attached hydrogens (primary N) is 1. The molecule has 2 fully saturated rings. The first-order chi connectivity index (χ1) is 11.6. The van der Waals surface area contributed by atoms with Gasteiger partial charge in [0.1, 0.15) is 0 Å². The largest absolute Gasteiger partial charge is 0.339 e. The molecule has 24 heavy (non-hydrogen) atoms. The van der Waals surface area contributed by atoms with Crippen LogP contribution in [0.3, 0.4) is 0 Å². The lowest BCUT2D eigenvalue weighted by Gasteiger charge is -2.36. The Labute approximate surface area is 150 Å². The minimum Gasteiger partial charge on any atom is -0.339 e. The van der Waals surface area contributed by atoms with E-state index in [4.69, 9.17) is 5.73 Å². The molecule has 0 spiro atoms. The zero-order valence-corrected chi connectivity index (χ0v) is 15.9. The van der Waals surface area contributed by atoms with Crippen molar-refractivity contribution in [3.05, 3.63) is 0 Å². The van der Waals surface area contributed by atoms with Crippen LogP contribution in [0.25, 0.3) is 0 Å². The molecule has 6 heteroatoms. The summed E-state index contributed by atoms with van der Waals surface area (Å²) < 4.78 is 0. The Kier molecular flexibility index (Phi) is 8.39. The Morgan fingerprint density at radius 1 is 1.08 bits per heavy atom. The van der Waals surface area contributed by atoms with Gasteiger partial charge in [-0.15, -0.1) is 0 Å². The van der Waals surface area contributed by atoms with Gasteiger partial charge in [-0.05, 0) is 30.8 Å². The molecule has 1 heterocycles. The molecule has 0 bridgehead atoms. The van der Waals surface area contributed by atoms with Crippen molar-refractivity contribution in [2.45, 2.75) is 57.4 Å². The van der Waals surface area contributed by atoms with Crippen LogP contribution in [0, 0.1) is 5.92 Å². The second-order valence-corrected chi connectivity index (χ2v) is 8.12. The van der Waals surface area contributed by atoms with Crippen molar-refractivity contribution in [1.82, 2.24) is 9.80 Å². The summed E-state index contributed by atoms with van der Waals surface area (Å²) in [6.45, 7) is 2.57. The first-order valence-electron chi connectivity index (χ1n) is 9.43. The topological polar surface area (TPSA) is 66.6 Å². The molecule has 1 atom stereocenters. The predicted molar refractivity (Wildman–Crippen MR) is 99.9 cm³/mol. The van der Waals surface area contributed by atoms with Gasteiger partial charge in [0.2, 0.25) is 11.8 Å². The van der Waals surface area contributed by atoms with Crippen molar-refractivity contribution in [3.63, 3.8) is 0 Å². The first-order valence-corrected chi connectivity index (χ1v) is 10.8. The van der Waals surface area contributed by atoms with Crippen molar-refractivity contribution < 1.29 is 9.59 Å². The van der Waals surface area contributed by atoms with Crippen molar-refractivity contribution in [2.75, 3.05) is 38.2 Å². The second-order valence-electron chi connectivity index (χ2n) is 7.14. The summed E-state index contributed by atoms with van der Waals surface area (Å²) in [5.74, 6) is 1.96. The van der Waals surface area contributed by atoms with Gasteiger partial charge in [-0.2, -0.15) is 11.8 Å². The monoisotopic (exact) mass is 355 g/mol. The average Bonchev–Trinajstić information content (AvgIpc) is 2.64. The second kappa shape index (κ2) is 10.3. The molecule has 2 amide bonds. The lowest BCUT2D eigenvalue weighted by atomic mass is 9.86. The Morgan fingerprint density at radius 3 is 2.33 bits per heavy atom. The number of piperazine rings is 1. The van der Waals surface area contributed by atoms with Crippen LogP contribution < -0.4 is 5.73 Å². The molecule has 0 aromatic rings. The van der Waals surface area contributed by atoms with E-state index in [0.29, 0.717) is 32.6 Å². The number of carbonyl (C=O) groups excluding carboxylic acids is 2. The normalized spacial score (nSPS) is 20.9. The van der Waals surface area contributed by atoms with Crippen LogP contribution in [0.2, 0.25) is 0 Å². The molecular formula is C18H33N3O2S. The highest BCUT2D eigenvalue weighted by Crippen LogP contribution is 2.27. The number of rotatable bonds is 7. The maximum atomic E-state index is 12.4. The minimum absolute atomic E-state index is 0.0401. The third-order valence-electron chi connectivity index (χ3n) is 5.39. The van der Waals surface area contributed by atoms with E-state index < -0.39 is 6.04 Å². The summed E-state index contributed by atoms with van der Waals surface area (Å²) in [5.41, 5.74) is 5.97. The summed E-state index contributed by atoms with van der Waals surface area (Å²) in [6, 6.07) is -0.397. The van der Waals surface area contributed by atoms with Crippen LogP contribution in [-0.4, -0.2) is 65.8 Å². The molecule has 138 valence electrons. The quantitative estimate of drug-likeness (QED) is 0.759. The van der Waals surface area contributed by atoms with Gasteiger partial charge >= 0.3 is 0 Å². The summed E-state index contributed by atoms with van der Waals surface area (Å²) in [6.07, 6.45) is 11.1.